The summed E-state index contributed by atoms with van der Waals surface area (Å²) in [7, 11) is 0. The largest absolute Gasteiger partial charge is 0.375 e. The average molecular weight is 316 g/mol. The minimum Gasteiger partial charge on any atom is -0.375 e. The fraction of sp³-hybridized carbons (Fsp3) is 0.308. The molecule has 0 spiro atoms. The number of hydrogen-bond acceptors (Lipinski definition) is 4. The molecule has 1 heterocycles. The summed E-state index contributed by atoms with van der Waals surface area (Å²) in [6.07, 6.45) is 2.59. The summed E-state index contributed by atoms with van der Waals surface area (Å²) in [5, 5.41) is 1.38. The second kappa shape index (κ2) is 5.29. The molecule has 0 aliphatic heterocycles. The van der Waals surface area contributed by atoms with Crippen molar-refractivity contribution in [2.24, 2.45) is 5.73 Å². The molecule has 1 unspecified atom stereocenters. The fourth-order valence-electron chi connectivity index (χ4n) is 2.48. The first kappa shape index (κ1) is 14.6. The number of rotatable bonds is 1. The van der Waals surface area contributed by atoms with Crippen molar-refractivity contribution >= 4 is 40.5 Å². The van der Waals surface area contributed by atoms with Gasteiger partial charge in [-0.15, -0.1) is 23.7 Å². The highest BCUT2D eigenvalue weighted by Crippen LogP contribution is 2.37. The van der Waals surface area contributed by atoms with Crippen LogP contribution in [0, 0.1) is 0 Å². The quantitative estimate of drug-likeness (QED) is 0.849. The van der Waals surface area contributed by atoms with Crippen LogP contribution in [0.2, 0.25) is 5.02 Å². The first-order valence-corrected chi connectivity index (χ1v) is 7.05. The molecule has 102 valence electrons. The van der Waals surface area contributed by atoms with Crippen molar-refractivity contribution < 1.29 is 0 Å². The number of anilines is 1. The number of halogens is 2. The number of hydrogen-bond donors (Lipinski definition) is 2. The van der Waals surface area contributed by atoms with Gasteiger partial charge in [-0.2, -0.15) is 0 Å². The number of nitrogens with zero attached hydrogens (tertiary/aromatic N) is 1. The minimum absolute atomic E-state index is 0. The van der Waals surface area contributed by atoms with E-state index < -0.39 is 0 Å². The van der Waals surface area contributed by atoms with E-state index in [9.17, 15) is 0 Å². The topological polar surface area (TPSA) is 64.9 Å². The zero-order valence-corrected chi connectivity index (χ0v) is 12.6. The molecular weight excluding hydrogens is 301 g/mol. The van der Waals surface area contributed by atoms with Crippen LogP contribution >= 0.6 is 35.3 Å². The number of aromatic nitrogens is 1. The van der Waals surface area contributed by atoms with Gasteiger partial charge in [-0.25, -0.2) is 4.98 Å². The lowest BCUT2D eigenvalue weighted by Gasteiger charge is -2.33. The Morgan fingerprint density at radius 3 is 2.63 bits per heavy atom. The van der Waals surface area contributed by atoms with Crippen molar-refractivity contribution in [1.82, 2.24) is 4.98 Å². The van der Waals surface area contributed by atoms with Crippen molar-refractivity contribution in [2.75, 3.05) is 5.73 Å². The van der Waals surface area contributed by atoms with Crippen molar-refractivity contribution in [3.63, 3.8) is 0 Å². The van der Waals surface area contributed by atoms with Crippen molar-refractivity contribution in [1.29, 1.82) is 0 Å². The molecule has 1 aromatic heterocycles. The fourth-order valence-corrected chi connectivity index (χ4v) is 3.61. The van der Waals surface area contributed by atoms with E-state index >= 15 is 0 Å². The van der Waals surface area contributed by atoms with Gasteiger partial charge in [0.05, 0.1) is 5.69 Å². The van der Waals surface area contributed by atoms with Crippen LogP contribution in [-0.4, -0.2) is 4.98 Å². The van der Waals surface area contributed by atoms with E-state index in [4.69, 9.17) is 23.1 Å². The van der Waals surface area contributed by atoms with Crippen LogP contribution in [0.25, 0.3) is 0 Å². The smallest absolute Gasteiger partial charge is 0.180 e. The maximum atomic E-state index is 6.55. The van der Waals surface area contributed by atoms with Gasteiger partial charge in [-0.1, -0.05) is 23.7 Å². The Hall–Kier alpha value is -0.810. The van der Waals surface area contributed by atoms with E-state index in [0.29, 0.717) is 5.13 Å². The van der Waals surface area contributed by atoms with Gasteiger partial charge in [0.15, 0.2) is 5.13 Å². The Morgan fingerprint density at radius 1 is 1.26 bits per heavy atom. The highest BCUT2D eigenvalue weighted by Gasteiger charge is 2.34. The number of thiazole rings is 1. The summed E-state index contributed by atoms with van der Waals surface area (Å²) in [6.45, 7) is 0. The predicted octanol–water partition coefficient (Wildman–Crippen LogP) is 3.14. The van der Waals surface area contributed by atoms with Crippen LogP contribution < -0.4 is 11.5 Å². The Morgan fingerprint density at radius 2 is 1.95 bits per heavy atom. The van der Waals surface area contributed by atoms with Crippen LogP contribution in [0.1, 0.15) is 22.6 Å². The van der Waals surface area contributed by atoms with Gasteiger partial charge in [-0.05, 0) is 30.5 Å². The molecule has 1 aromatic carbocycles. The molecule has 0 bridgehead atoms. The highest BCUT2D eigenvalue weighted by atomic mass is 35.5. The first-order valence-electron chi connectivity index (χ1n) is 5.86. The molecule has 19 heavy (non-hydrogen) atoms. The molecular formula is C13H15Cl2N3S. The van der Waals surface area contributed by atoms with E-state index in [0.717, 1.165) is 35.5 Å². The zero-order chi connectivity index (χ0) is 12.8. The molecule has 0 fully saturated rings. The summed E-state index contributed by atoms with van der Waals surface area (Å²) < 4.78 is 0. The lowest BCUT2D eigenvalue weighted by atomic mass is 9.79. The Balaban J connectivity index is 0.00000133. The summed E-state index contributed by atoms with van der Waals surface area (Å²) in [4.78, 5) is 5.56. The van der Waals surface area contributed by atoms with E-state index in [-0.39, 0.29) is 17.9 Å². The lowest BCUT2D eigenvalue weighted by molar-refractivity contribution is 0.386. The van der Waals surface area contributed by atoms with Crippen molar-refractivity contribution in [3.05, 3.63) is 45.4 Å². The molecule has 1 aliphatic carbocycles. The lowest BCUT2D eigenvalue weighted by Crippen LogP contribution is -2.41. The molecule has 0 saturated carbocycles. The zero-order valence-electron chi connectivity index (χ0n) is 10.2. The van der Waals surface area contributed by atoms with E-state index in [1.165, 1.54) is 4.88 Å². The molecule has 0 amide bonds. The number of nitrogens with two attached hydrogens (primary N) is 2. The number of benzene rings is 1. The molecule has 2 aromatic rings. The molecule has 4 N–H and O–H groups in total. The Kier molecular flexibility index (Phi) is 4.06. The van der Waals surface area contributed by atoms with Gasteiger partial charge in [0.1, 0.15) is 0 Å². The summed E-state index contributed by atoms with van der Waals surface area (Å²) in [5.74, 6) is 0. The van der Waals surface area contributed by atoms with E-state index in [2.05, 4.69) is 4.98 Å². The number of aryl methyl sites for hydroxylation is 1. The Labute approximate surface area is 127 Å². The second-order valence-corrected chi connectivity index (χ2v) is 6.31. The SMILES string of the molecule is Cl.Nc1nc2c(s1)CC(N)(c1ccc(Cl)cc1)CC2. The van der Waals surface area contributed by atoms with Crippen molar-refractivity contribution in [3.8, 4) is 0 Å². The van der Waals surface area contributed by atoms with Crippen LogP contribution in [0.15, 0.2) is 24.3 Å². The number of nitrogen functional groups attached to an aromatic ring is 1. The molecule has 0 radical (unpaired) electrons. The summed E-state index contributed by atoms with van der Waals surface area (Å²) in [5.41, 5.74) is 14.2. The standard InChI is InChI=1S/C13H14ClN3S.ClH/c14-9-3-1-8(2-4-9)13(16)6-5-10-11(7-13)18-12(15)17-10;/h1-4H,5-7,16H2,(H2,15,17);1H. The third-order valence-electron chi connectivity index (χ3n) is 3.50. The van der Waals surface area contributed by atoms with Gasteiger partial charge >= 0.3 is 0 Å². The third-order valence-corrected chi connectivity index (χ3v) is 4.68. The van der Waals surface area contributed by atoms with E-state index in [1.807, 2.05) is 24.3 Å². The first-order chi connectivity index (χ1) is 8.57. The normalized spacial score (nSPS) is 21.6. The van der Waals surface area contributed by atoms with Crippen LogP contribution in [0.5, 0.6) is 0 Å². The van der Waals surface area contributed by atoms with Crippen LogP contribution in [0.3, 0.4) is 0 Å². The van der Waals surface area contributed by atoms with Gasteiger partial charge in [-0.3, -0.25) is 0 Å². The summed E-state index contributed by atoms with van der Waals surface area (Å²) >= 11 is 7.47. The van der Waals surface area contributed by atoms with Crippen molar-refractivity contribution in [2.45, 2.75) is 24.8 Å². The molecule has 1 atom stereocenters. The molecule has 6 heteroatoms. The molecule has 0 saturated heterocycles. The molecule has 3 nitrogen and oxygen atoms in total. The second-order valence-electron chi connectivity index (χ2n) is 4.76. The van der Waals surface area contributed by atoms with Gasteiger partial charge in [0, 0.05) is 21.9 Å². The van der Waals surface area contributed by atoms with Gasteiger partial charge in [0.2, 0.25) is 0 Å². The van der Waals surface area contributed by atoms with Gasteiger partial charge < -0.3 is 11.5 Å². The maximum absolute atomic E-state index is 6.55. The average Bonchev–Trinajstić information content (AvgIpc) is 2.69. The van der Waals surface area contributed by atoms with E-state index in [1.54, 1.807) is 11.3 Å². The molecule has 3 rings (SSSR count). The third kappa shape index (κ3) is 2.72. The number of fused-ring (bicyclic) bond motifs is 1. The summed E-state index contributed by atoms with van der Waals surface area (Å²) in [6, 6.07) is 7.81. The van der Waals surface area contributed by atoms with Crippen LogP contribution in [0.4, 0.5) is 5.13 Å². The predicted molar refractivity (Wildman–Crippen MR) is 83.1 cm³/mol. The molecule has 1 aliphatic rings. The Bertz CT molecular complexity index is 582. The minimum atomic E-state index is -0.323. The highest BCUT2D eigenvalue weighted by molar-refractivity contribution is 7.15. The van der Waals surface area contributed by atoms with Crippen LogP contribution in [-0.2, 0) is 18.4 Å². The monoisotopic (exact) mass is 315 g/mol. The van der Waals surface area contributed by atoms with Gasteiger partial charge in [0.25, 0.3) is 0 Å². The maximum Gasteiger partial charge on any atom is 0.180 e.